The molecular weight excluding hydrogens is 204 g/mol. The zero-order valence-corrected chi connectivity index (χ0v) is 10.4. The molecule has 1 N–H and O–H groups in total. The molecule has 1 aromatic heterocycles. The molecule has 0 bridgehead atoms. The molecule has 1 aromatic rings. The molecule has 0 amide bonds. The molecule has 0 aliphatic carbocycles. The summed E-state index contributed by atoms with van der Waals surface area (Å²) < 4.78 is 5.06. The summed E-state index contributed by atoms with van der Waals surface area (Å²) in [5.74, 6) is 2.47. The molecule has 1 heterocycles. The second-order valence-corrected chi connectivity index (χ2v) is 3.38. The van der Waals surface area contributed by atoms with Gasteiger partial charge in [-0.15, -0.1) is 0 Å². The first-order valence-corrected chi connectivity index (χ1v) is 5.54. The van der Waals surface area contributed by atoms with E-state index < -0.39 is 0 Å². The molecule has 0 radical (unpaired) electrons. The Morgan fingerprint density at radius 1 is 1.31 bits per heavy atom. The summed E-state index contributed by atoms with van der Waals surface area (Å²) in [4.78, 5) is 11.0. The number of ether oxygens (including phenoxy) is 1. The summed E-state index contributed by atoms with van der Waals surface area (Å²) in [5.41, 5.74) is 0. The van der Waals surface area contributed by atoms with Gasteiger partial charge in [-0.2, -0.15) is 0 Å². The van der Waals surface area contributed by atoms with Crippen LogP contribution in [0, 0.1) is 0 Å². The standard InChI is InChI=1S/C11H20N4O/c1-5-15(6-2)11-7-9(12-3)13-10(14-11)8-16-4/h7H,5-6,8H2,1-4H3,(H,12,13,14). The molecule has 0 atom stereocenters. The summed E-state index contributed by atoms with van der Waals surface area (Å²) in [6.45, 7) is 6.53. The Hall–Kier alpha value is -1.36. The maximum atomic E-state index is 5.06. The number of hydrogen-bond acceptors (Lipinski definition) is 5. The van der Waals surface area contributed by atoms with E-state index in [9.17, 15) is 0 Å². The van der Waals surface area contributed by atoms with Gasteiger partial charge in [0.2, 0.25) is 0 Å². The molecule has 90 valence electrons. The normalized spacial score (nSPS) is 10.2. The highest BCUT2D eigenvalue weighted by Gasteiger charge is 2.08. The molecule has 0 unspecified atom stereocenters. The number of hydrogen-bond donors (Lipinski definition) is 1. The first-order valence-electron chi connectivity index (χ1n) is 5.54. The van der Waals surface area contributed by atoms with Gasteiger partial charge in [0.1, 0.15) is 18.2 Å². The van der Waals surface area contributed by atoms with E-state index in [4.69, 9.17) is 4.74 Å². The molecule has 0 aliphatic rings. The summed E-state index contributed by atoms with van der Waals surface area (Å²) in [5, 5.41) is 3.04. The number of nitrogens with one attached hydrogen (secondary N) is 1. The second-order valence-electron chi connectivity index (χ2n) is 3.38. The zero-order valence-electron chi connectivity index (χ0n) is 10.4. The number of anilines is 2. The van der Waals surface area contributed by atoms with Crippen LogP contribution in [0.5, 0.6) is 0 Å². The molecule has 0 aliphatic heterocycles. The summed E-state index contributed by atoms with van der Waals surface area (Å²) in [6, 6.07) is 1.95. The molecule has 0 aromatic carbocycles. The molecule has 0 saturated heterocycles. The van der Waals surface area contributed by atoms with Crippen LogP contribution < -0.4 is 10.2 Å². The molecule has 0 fully saturated rings. The molecule has 5 nitrogen and oxygen atoms in total. The van der Waals surface area contributed by atoms with Crippen LogP contribution in [0.3, 0.4) is 0 Å². The highest BCUT2D eigenvalue weighted by Crippen LogP contribution is 2.15. The average Bonchev–Trinajstić information content (AvgIpc) is 2.31. The minimum Gasteiger partial charge on any atom is -0.377 e. The Balaban J connectivity index is 3.02. The van der Waals surface area contributed by atoms with Gasteiger partial charge in [0.05, 0.1) is 0 Å². The fourth-order valence-electron chi connectivity index (χ4n) is 1.51. The Kier molecular flexibility index (Phi) is 4.98. The Morgan fingerprint density at radius 3 is 2.50 bits per heavy atom. The van der Waals surface area contributed by atoms with Crippen molar-refractivity contribution in [3.05, 3.63) is 11.9 Å². The average molecular weight is 224 g/mol. The van der Waals surface area contributed by atoms with Crippen molar-refractivity contribution in [2.45, 2.75) is 20.5 Å². The van der Waals surface area contributed by atoms with Crippen molar-refractivity contribution in [1.29, 1.82) is 0 Å². The van der Waals surface area contributed by atoms with Gasteiger partial charge < -0.3 is 15.0 Å². The van der Waals surface area contributed by atoms with Crippen molar-refractivity contribution in [2.24, 2.45) is 0 Å². The lowest BCUT2D eigenvalue weighted by atomic mass is 10.4. The maximum absolute atomic E-state index is 5.06. The highest BCUT2D eigenvalue weighted by molar-refractivity contribution is 5.48. The summed E-state index contributed by atoms with van der Waals surface area (Å²) in [7, 11) is 3.50. The maximum Gasteiger partial charge on any atom is 0.158 e. The van der Waals surface area contributed by atoms with Crippen LogP contribution in [0.1, 0.15) is 19.7 Å². The van der Waals surface area contributed by atoms with Crippen LogP contribution >= 0.6 is 0 Å². The van der Waals surface area contributed by atoms with Gasteiger partial charge in [-0.05, 0) is 13.8 Å². The van der Waals surface area contributed by atoms with E-state index in [-0.39, 0.29) is 0 Å². The minimum atomic E-state index is 0.434. The first kappa shape index (κ1) is 12.7. The lowest BCUT2D eigenvalue weighted by Crippen LogP contribution is -2.24. The van der Waals surface area contributed by atoms with Crippen molar-refractivity contribution in [2.75, 3.05) is 37.5 Å². The van der Waals surface area contributed by atoms with Gasteiger partial charge in [-0.1, -0.05) is 0 Å². The van der Waals surface area contributed by atoms with Crippen LogP contribution in [-0.4, -0.2) is 37.2 Å². The molecule has 5 heteroatoms. The van der Waals surface area contributed by atoms with E-state index in [0.717, 1.165) is 24.7 Å². The molecule has 0 saturated carbocycles. The number of nitrogens with zero attached hydrogens (tertiary/aromatic N) is 3. The quantitative estimate of drug-likeness (QED) is 0.793. The van der Waals surface area contributed by atoms with Crippen LogP contribution in [0.4, 0.5) is 11.6 Å². The van der Waals surface area contributed by atoms with Gasteiger partial charge in [0.15, 0.2) is 5.82 Å². The van der Waals surface area contributed by atoms with Crippen LogP contribution in [0.15, 0.2) is 6.07 Å². The third-order valence-corrected chi connectivity index (χ3v) is 2.38. The van der Waals surface area contributed by atoms with Gasteiger partial charge in [0, 0.05) is 33.3 Å². The largest absolute Gasteiger partial charge is 0.377 e. The third-order valence-electron chi connectivity index (χ3n) is 2.38. The fourth-order valence-corrected chi connectivity index (χ4v) is 1.51. The number of aromatic nitrogens is 2. The predicted molar refractivity (Wildman–Crippen MR) is 65.9 cm³/mol. The first-order chi connectivity index (χ1) is 7.74. The van der Waals surface area contributed by atoms with E-state index in [0.29, 0.717) is 12.4 Å². The lowest BCUT2D eigenvalue weighted by molar-refractivity contribution is 0.178. The van der Waals surface area contributed by atoms with Crippen molar-refractivity contribution in [3.8, 4) is 0 Å². The van der Waals surface area contributed by atoms with Crippen LogP contribution in [-0.2, 0) is 11.3 Å². The Labute approximate surface area is 96.8 Å². The fraction of sp³-hybridized carbons (Fsp3) is 0.636. The van der Waals surface area contributed by atoms with E-state index in [2.05, 4.69) is 34.0 Å². The second kappa shape index (κ2) is 6.27. The summed E-state index contributed by atoms with van der Waals surface area (Å²) in [6.07, 6.45) is 0. The van der Waals surface area contributed by atoms with Gasteiger partial charge in [-0.3, -0.25) is 0 Å². The molecule has 1 rings (SSSR count). The third kappa shape index (κ3) is 3.06. The minimum absolute atomic E-state index is 0.434. The van der Waals surface area contributed by atoms with Gasteiger partial charge in [-0.25, -0.2) is 9.97 Å². The molecule has 0 spiro atoms. The molecule has 16 heavy (non-hydrogen) atoms. The van der Waals surface area contributed by atoms with E-state index in [1.54, 1.807) is 7.11 Å². The van der Waals surface area contributed by atoms with Crippen molar-refractivity contribution < 1.29 is 4.74 Å². The molecular formula is C11H20N4O. The monoisotopic (exact) mass is 224 g/mol. The lowest BCUT2D eigenvalue weighted by Gasteiger charge is -2.20. The Bertz CT molecular complexity index is 326. The van der Waals surface area contributed by atoms with Gasteiger partial charge in [0.25, 0.3) is 0 Å². The van der Waals surface area contributed by atoms with Crippen LogP contribution in [0.2, 0.25) is 0 Å². The smallest absolute Gasteiger partial charge is 0.158 e. The van der Waals surface area contributed by atoms with Crippen molar-refractivity contribution >= 4 is 11.6 Å². The van der Waals surface area contributed by atoms with E-state index in [1.807, 2.05) is 13.1 Å². The zero-order chi connectivity index (χ0) is 12.0. The van der Waals surface area contributed by atoms with Gasteiger partial charge >= 0.3 is 0 Å². The predicted octanol–water partition coefficient (Wildman–Crippen LogP) is 1.51. The topological polar surface area (TPSA) is 50.3 Å². The SMILES string of the molecule is CCN(CC)c1cc(NC)nc(COC)n1. The van der Waals surface area contributed by atoms with Crippen molar-refractivity contribution in [1.82, 2.24) is 9.97 Å². The Morgan fingerprint density at radius 2 is 2.00 bits per heavy atom. The van der Waals surface area contributed by atoms with Crippen molar-refractivity contribution in [3.63, 3.8) is 0 Å². The number of methoxy groups -OCH3 is 1. The van der Waals surface area contributed by atoms with E-state index >= 15 is 0 Å². The summed E-state index contributed by atoms with van der Waals surface area (Å²) >= 11 is 0. The van der Waals surface area contributed by atoms with E-state index in [1.165, 1.54) is 0 Å². The number of rotatable bonds is 6. The highest BCUT2D eigenvalue weighted by atomic mass is 16.5. The van der Waals surface area contributed by atoms with Crippen LogP contribution in [0.25, 0.3) is 0 Å².